The van der Waals surface area contributed by atoms with Crippen LogP contribution in [0.3, 0.4) is 0 Å². The molecular formula is C10H11BrO4. The van der Waals surface area contributed by atoms with Crippen molar-refractivity contribution in [2.24, 2.45) is 0 Å². The Bertz CT molecular complexity index is 376. The summed E-state index contributed by atoms with van der Waals surface area (Å²) in [4.78, 5) is 10.3. The van der Waals surface area contributed by atoms with Crippen LogP contribution in [0, 0.1) is 0 Å². The molecule has 0 aromatic heterocycles. The van der Waals surface area contributed by atoms with Crippen LogP contribution in [0.15, 0.2) is 16.6 Å². The fourth-order valence-electron chi connectivity index (χ4n) is 1.26. The smallest absolute Gasteiger partial charge is 0.303 e. The molecule has 0 atom stereocenters. The zero-order valence-corrected chi connectivity index (χ0v) is 9.49. The first-order chi connectivity index (χ1) is 7.00. The van der Waals surface area contributed by atoms with E-state index >= 15 is 0 Å². The van der Waals surface area contributed by atoms with Crippen LogP contribution in [0.4, 0.5) is 0 Å². The molecule has 0 unspecified atom stereocenters. The summed E-state index contributed by atoms with van der Waals surface area (Å²) in [5.41, 5.74) is 0.545. The van der Waals surface area contributed by atoms with Crippen molar-refractivity contribution in [3.05, 3.63) is 22.2 Å². The number of halogens is 1. The van der Waals surface area contributed by atoms with Crippen LogP contribution in [-0.4, -0.2) is 21.3 Å². The number of phenolic OH excluding ortho intramolecular Hbond substituents is 2. The zero-order chi connectivity index (χ0) is 11.4. The summed E-state index contributed by atoms with van der Waals surface area (Å²) in [5, 5.41) is 27.2. The summed E-state index contributed by atoms with van der Waals surface area (Å²) >= 11 is 3.18. The lowest BCUT2D eigenvalue weighted by Crippen LogP contribution is -1.96. The highest BCUT2D eigenvalue weighted by Gasteiger charge is 2.08. The lowest BCUT2D eigenvalue weighted by molar-refractivity contribution is -0.137. The second-order valence-electron chi connectivity index (χ2n) is 3.18. The van der Waals surface area contributed by atoms with Gasteiger partial charge in [-0.25, -0.2) is 0 Å². The van der Waals surface area contributed by atoms with E-state index in [1.807, 2.05) is 0 Å². The SMILES string of the molecule is O=C(O)CCCc1cc(Br)cc(O)c1O. The number of aromatic hydroxyl groups is 2. The van der Waals surface area contributed by atoms with E-state index in [2.05, 4.69) is 15.9 Å². The summed E-state index contributed by atoms with van der Waals surface area (Å²) in [6, 6.07) is 3.05. The molecule has 82 valence electrons. The maximum absolute atomic E-state index is 10.3. The number of rotatable bonds is 4. The van der Waals surface area contributed by atoms with E-state index in [1.165, 1.54) is 6.07 Å². The number of carbonyl (C=O) groups is 1. The van der Waals surface area contributed by atoms with Crippen LogP contribution < -0.4 is 0 Å². The number of aryl methyl sites for hydroxylation is 1. The van der Waals surface area contributed by atoms with E-state index in [-0.39, 0.29) is 17.9 Å². The third kappa shape index (κ3) is 3.43. The van der Waals surface area contributed by atoms with Gasteiger partial charge in [0.1, 0.15) is 0 Å². The Kier molecular flexibility index (Phi) is 3.96. The molecule has 1 rings (SSSR count). The normalized spacial score (nSPS) is 10.2. The lowest BCUT2D eigenvalue weighted by atomic mass is 10.1. The summed E-state index contributed by atoms with van der Waals surface area (Å²) in [5.74, 6) is -1.24. The molecule has 3 N–H and O–H groups in total. The van der Waals surface area contributed by atoms with Crippen molar-refractivity contribution in [2.45, 2.75) is 19.3 Å². The van der Waals surface area contributed by atoms with Gasteiger partial charge in [0.15, 0.2) is 11.5 Å². The molecule has 0 bridgehead atoms. The zero-order valence-electron chi connectivity index (χ0n) is 7.90. The minimum Gasteiger partial charge on any atom is -0.504 e. The van der Waals surface area contributed by atoms with Gasteiger partial charge in [-0.2, -0.15) is 0 Å². The van der Waals surface area contributed by atoms with E-state index in [0.29, 0.717) is 22.9 Å². The molecule has 0 amide bonds. The van der Waals surface area contributed by atoms with Gasteiger partial charge >= 0.3 is 5.97 Å². The molecule has 0 aliphatic rings. The molecule has 0 saturated carbocycles. The van der Waals surface area contributed by atoms with Crippen molar-refractivity contribution in [3.8, 4) is 11.5 Å². The maximum atomic E-state index is 10.3. The van der Waals surface area contributed by atoms with Gasteiger partial charge in [-0.05, 0) is 30.5 Å². The lowest BCUT2D eigenvalue weighted by Gasteiger charge is -2.06. The maximum Gasteiger partial charge on any atom is 0.303 e. The number of phenols is 2. The molecule has 0 fully saturated rings. The van der Waals surface area contributed by atoms with Crippen LogP contribution in [0.1, 0.15) is 18.4 Å². The number of hydrogen-bond acceptors (Lipinski definition) is 3. The Morgan fingerprint density at radius 3 is 2.60 bits per heavy atom. The monoisotopic (exact) mass is 274 g/mol. The summed E-state index contributed by atoms with van der Waals surface area (Å²) in [7, 11) is 0. The number of benzene rings is 1. The Labute approximate surface area is 95.3 Å². The average Bonchev–Trinajstić information content (AvgIpc) is 2.12. The van der Waals surface area contributed by atoms with Crippen LogP contribution >= 0.6 is 15.9 Å². The number of carboxylic acid groups (broad SMARTS) is 1. The van der Waals surface area contributed by atoms with E-state index in [9.17, 15) is 15.0 Å². The van der Waals surface area contributed by atoms with Crippen LogP contribution in [-0.2, 0) is 11.2 Å². The van der Waals surface area contributed by atoms with E-state index in [0.717, 1.165) is 0 Å². The molecule has 1 aromatic carbocycles. The van der Waals surface area contributed by atoms with Crippen molar-refractivity contribution in [3.63, 3.8) is 0 Å². The molecule has 0 heterocycles. The second-order valence-corrected chi connectivity index (χ2v) is 4.10. The minimum atomic E-state index is -0.867. The third-order valence-corrected chi connectivity index (χ3v) is 2.43. The van der Waals surface area contributed by atoms with Gasteiger partial charge in [0.05, 0.1) is 0 Å². The van der Waals surface area contributed by atoms with Crippen molar-refractivity contribution < 1.29 is 20.1 Å². The molecule has 0 aliphatic carbocycles. The van der Waals surface area contributed by atoms with E-state index in [4.69, 9.17) is 5.11 Å². The largest absolute Gasteiger partial charge is 0.504 e. The molecule has 15 heavy (non-hydrogen) atoms. The molecule has 0 spiro atoms. The van der Waals surface area contributed by atoms with Crippen LogP contribution in [0.5, 0.6) is 11.5 Å². The first-order valence-electron chi connectivity index (χ1n) is 4.43. The van der Waals surface area contributed by atoms with Gasteiger partial charge in [-0.15, -0.1) is 0 Å². The Hall–Kier alpha value is -1.23. The highest BCUT2D eigenvalue weighted by atomic mass is 79.9. The van der Waals surface area contributed by atoms with Crippen molar-refractivity contribution in [1.29, 1.82) is 0 Å². The highest BCUT2D eigenvalue weighted by molar-refractivity contribution is 9.10. The fraction of sp³-hybridized carbons (Fsp3) is 0.300. The number of carboxylic acids is 1. The number of aliphatic carboxylic acids is 1. The predicted molar refractivity (Wildman–Crippen MR) is 58.0 cm³/mol. The standard InChI is InChI=1S/C10H11BrO4/c11-7-4-6(2-1-3-9(13)14)10(15)8(12)5-7/h4-5,12,15H,1-3H2,(H,13,14). The van der Waals surface area contributed by atoms with E-state index < -0.39 is 5.97 Å². The number of hydrogen-bond donors (Lipinski definition) is 3. The summed E-state index contributed by atoms with van der Waals surface area (Å²) in [6.07, 6.45) is 0.899. The highest BCUT2D eigenvalue weighted by Crippen LogP contribution is 2.33. The topological polar surface area (TPSA) is 77.8 Å². The van der Waals surface area contributed by atoms with Crippen molar-refractivity contribution >= 4 is 21.9 Å². The van der Waals surface area contributed by atoms with Crippen molar-refractivity contribution in [2.75, 3.05) is 0 Å². The van der Waals surface area contributed by atoms with Crippen molar-refractivity contribution in [1.82, 2.24) is 0 Å². The second kappa shape index (κ2) is 5.02. The molecule has 4 nitrogen and oxygen atoms in total. The van der Waals surface area contributed by atoms with Gasteiger partial charge in [0.25, 0.3) is 0 Å². The molecular weight excluding hydrogens is 264 g/mol. The van der Waals surface area contributed by atoms with Gasteiger partial charge in [-0.3, -0.25) is 4.79 Å². The molecule has 1 aromatic rings. The molecule has 5 heteroatoms. The van der Waals surface area contributed by atoms with Crippen LogP contribution in [0.2, 0.25) is 0 Å². The Morgan fingerprint density at radius 2 is 2.00 bits per heavy atom. The fourth-order valence-corrected chi connectivity index (χ4v) is 1.75. The molecule has 0 saturated heterocycles. The Morgan fingerprint density at radius 1 is 1.33 bits per heavy atom. The average molecular weight is 275 g/mol. The van der Waals surface area contributed by atoms with Gasteiger partial charge in [-0.1, -0.05) is 15.9 Å². The van der Waals surface area contributed by atoms with Gasteiger partial charge < -0.3 is 15.3 Å². The Balaban J connectivity index is 2.72. The minimum absolute atomic E-state index is 0.0483. The van der Waals surface area contributed by atoms with Gasteiger partial charge in [0.2, 0.25) is 0 Å². The predicted octanol–water partition coefficient (Wildman–Crippen LogP) is 2.27. The summed E-state index contributed by atoms with van der Waals surface area (Å²) < 4.78 is 0.656. The quantitative estimate of drug-likeness (QED) is 0.736. The molecule has 0 aliphatic heterocycles. The first kappa shape index (κ1) is 11.8. The van der Waals surface area contributed by atoms with Gasteiger partial charge in [0, 0.05) is 10.9 Å². The van der Waals surface area contributed by atoms with Crippen LogP contribution in [0.25, 0.3) is 0 Å². The third-order valence-electron chi connectivity index (χ3n) is 1.97. The summed E-state index contributed by atoms with van der Waals surface area (Å²) in [6.45, 7) is 0. The first-order valence-corrected chi connectivity index (χ1v) is 5.22. The van der Waals surface area contributed by atoms with E-state index in [1.54, 1.807) is 6.07 Å². The molecule has 0 radical (unpaired) electrons.